The second-order valence-corrected chi connectivity index (χ2v) is 16.7. The van der Waals surface area contributed by atoms with Crippen LogP contribution < -0.4 is 0 Å². The lowest BCUT2D eigenvalue weighted by Crippen LogP contribution is -2.30. The predicted molar refractivity (Wildman–Crippen MR) is 265 cm³/mol. The van der Waals surface area contributed by atoms with Gasteiger partial charge in [0, 0.05) is 19.3 Å². The van der Waals surface area contributed by atoms with Gasteiger partial charge in [-0.2, -0.15) is 0 Å². The molecule has 1 unspecified atom stereocenters. The van der Waals surface area contributed by atoms with Gasteiger partial charge >= 0.3 is 17.9 Å². The molecule has 62 heavy (non-hydrogen) atoms. The van der Waals surface area contributed by atoms with Gasteiger partial charge in [0.25, 0.3) is 0 Å². The maximum atomic E-state index is 12.8. The Kier molecular flexibility index (Phi) is 47.5. The lowest BCUT2D eigenvalue weighted by molar-refractivity contribution is -0.167. The topological polar surface area (TPSA) is 78.9 Å². The number of hydrogen-bond acceptors (Lipinski definition) is 6. The standard InChI is InChI=1S/C56H94O6/c1-4-7-10-13-16-19-22-24-25-26-27-28-29-30-31-33-34-37-40-43-46-49-55(58)61-52-53(51-60-54(57)48-45-42-39-36-21-18-15-12-9-6-3)62-56(59)50-47-44-41-38-35-32-23-20-17-14-11-8-5-2/h7,10,16,19-20,23-25,27-28,30-31,34,37,53H,4-6,8-9,11-15,17-18,21-22,26,29,32-33,35-36,38-52H2,1-3H3/b10-7-,19-16-,23-20-,25-24-,28-27-,31-30-,37-34-. The molecule has 0 aromatic rings. The van der Waals surface area contributed by atoms with Crippen molar-refractivity contribution in [1.82, 2.24) is 0 Å². The first-order valence-electron chi connectivity index (χ1n) is 25.6. The van der Waals surface area contributed by atoms with Gasteiger partial charge in [-0.1, -0.05) is 202 Å². The van der Waals surface area contributed by atoms with E-state index in [1.807, 2.05) is 0 Å². The highest BCUT2D eigenvalue weighted by Gasteiger charge is 2.19. The van der Waals surface area contributed by atoms with Crippen LogP contribution in [0.1, 0.15) is 233 Å². The number of unbranched alkanes of at least 4 members (excludes halogenated alkanes) is 20. The first-order chi connectivity index (χ1) is 30.5. The van der Waals surface area contributed by atoms with Gasteiger partial charge in [-0.15, -0.1) is 0 Å². The SMILES string of the molecule is CC/C=C\C/C=C\C/C=C\C/C=C\C/C=C\C/C=C\CCCCC(=O)OCC(COC(=O)CCCCCCCCCCCC)OC(=O)CCCCCCC/C=C\CCCCCC. The molecule has 0 bridgehead atoms. The van der Waals surface area contributed by atoms with Crippen molar-refractivity contribution in [3.05, 3.63) is 85.1 Å². The first-order valence-corrected chi connectivity index (χ1v) is 25.6. The Morgan fingerprint density at radius 1 is 0.339 bits per heavy atom. The van der Waals surface area contributed by atoms with E-state index in [1.54, 1.807) is 0 Å². The minimum absolute atomic E-state index is 0.0928. The Morgan fingerprint density at radius 2 is 0.629 bits per heavy atom. The maximum absolute atomic E-state index is 12.8. The molecule has 0 heterocycles. The van der Waals surface area contributed by atoms with Crippen LogP contribution in [0.4, 0.5) is 0 Å². The first kappa shape index (κ1) is 58.6. The molecule has 0 aliphatic rings. The second kappa shape index (κ2) is 50.2. The molecule has 6 heteroatoms. The highest BCUT2D eigenvalue weighted by atomic mass is 16.6. The van der Waals surface area contributed by atoms with E-state index in [-0.39, 0.29) is 31.1 Å². The van der Waals surface area contributed by atoms with E-state index in [2.05, 4.69) is 106 Å². The summed E-state index contributed by atoms with van der Waals surface area (Å²) < 4.78 is 16.7. The minimum Gasteiger partial charge on any atom is -0.462 e. The number of hydrogen-bond donors (Lipinski definition) is 0. The van der Waals surface area contributed by atoms with Crippen LogP contribution in [-0.2, 0) is 28.6 Å². The summed E-state index contributed by atoms with van der Waals surface area (Å²) >= 11 is 0. The van der Waals surface area contributed by atoms with Gasteiger partial charge < -0.3 is 14.2 Å². The average molecular weight is 863 g/mol. The van der Waals surface area contributed by atoms with E-state index in [0.29, 0.717) is 19.3 Å². The summed E-state index contributed by atoms with van der Waals surface area (Å²) in [6, 6.07) is 0. The molecule has 6 nitrogen and oxygen atoms in total. The lowest BCUT2D eigenvalue weighted by atomic mass is 10.1. The number of esters is 3. The third-order valence-corrected chi connectivity index (χ3v) is 10.6. The van der Waals surface area contributed by atoms with Crippen LogP contribution in [0.3, 0.4) is 0 Å². The van der Waals surface area contributed by atoms with Gasteiger partial charge in [-0.05, 0) is 96.3 Å². The van der Waals surface area contributed by atoms with Gasteiger partial charge in [0.15, 0.2) is 6.10 Å². The summed E-state index contributed by atoms with van der Waals surface area (Å²) in [6.07, 6.45) is 64.3. The molecule has 0 fully saturated rings. The summed E-state index contributed by atoms with van der Waals surface area (Å²) in [5.74, 6) is -0.950. The minimum atomic E-state index is -0.796. The predicted octanol–water partition coefficient (Wildman–Crippen LogP) is 16.8. The average Bonchev–Trinajstić information content (AvgIpc) is 3.27. The largest absolute Gasteiger partial charge is 0.462 e. The normalized spacial score (nSPS) is 12.8. The van der Waals surface area contributed by atoms with Crippen LogP contribution >= 0.6 is 0 Å². The molecular formula is C56H94O6. The smallest absolute Gasteiger partial charge is 0.306 e. The Hall–Kier alpha value is -3.41. The van der Waals surface area contributed by atoms with Crippen molar-refractivity contribution in [2.45, 2.75) is 239 Å². The van der Waals surface area contributed by atoms with Crippen molar-refractivity contribution < 1.29 is 28.6 Å². The van der Waals surface area contributed by atoms with Gasteiger partial charge in [0.2, 0.25) is 0 Å². The molecular weight excluding hydrogens is 769 g/mol. The molecule has 0 radical (unpaired) electrons. The number of carbonyl (C=O) groups excluding carboxylic acids is 3. The molecule has 0 N–H and O–H groups in total. The fourth-order valence-corrected chi connectivity index (χ4v) is 6.79. The zero-order valence-corrected chi connectivity index (χ0v) is 40.4. The van der Waals surface area contributed by atoms with Crippen molar-refractivity contribution in [2.75, 3.05) is 13.2 Å². The molecule has 0 aliphatic heterocycles. The van der Waals surface area contributed by atoms with Crippen molar-refractivity contribution in [3.8, 4) is 0 Å². The molecule has 0 aromatic heterocycles. The quantitative estimate of drug-likeness (QED) is 0.0263. The van der Waals surface area contributed by atoms with Crippen LogP contribution in [0.2, 0.25) is 0 Å². The van der Waals surface area contributed by atoms with Crippen LogP contribution in [0.5, 0.6) is 0 Å². The molecule has 0 saturated carbocycles. The van der Waals surface area contributed by atoms with Gasteiger partial charge in [0.05, 0.1) is 0 Å². The van der Waals surface area contributed by atoms with Crippen molar-refractivity contribution in [3.63, 3.8) is 0 Å². The summed E-state index contributed by atoms with van der Waals surface area (Å²) in [5, 5.41) is 0. The Morgan fingerprint density at radius 3 is 1.05 bits per heavy atom. The van der Waals surface area contributed by atoms with Gasteiger partial charge in [0.1, 0.15) is 13.2 Å². The monoisotopic (exact) mass is 863 g/mol. The molecule has 0 amide bonds. The Balaban J connectivity index is 4.42. The van der Waals surface area contributed by atoms with E-state index in [4.69, 9.17) is 14.2 Å². The van der Waals surface area contributed by atoms with E-state index >= 15 is 0 Å². The van der Waals surface area contributed by atoms with E-state index < -0.39 is 6.10 Å². The Labute approximate surface area is 382 Å². The molecule has 354 valence electrons. The third kappa shape index (κ3) is 47.6. The summed E-state index contributed by atoms with van der Waals surface area (Å²) in [6.45, 7) is 6.44. The number of ether oxygens (including phenoxy) is 3. The number of rotatable bonds is 45. The molecule has 0 aliphatic carbocycles. The summed E-state index contributed by atoms with van der Waals surface area (Å²) in [5.41, 5.74) is 0. The Bertz CT molecular complexity index is 1220. The highest BCUT2D eigenvalue weighted by Crippen LogP contribution is 2.14. The fraction of sp³-hybridized carbons (Fsp3) is 0.696. The van der Waals surface area contributed by atoms with Crippen LogP contribution in [-0.4, -0.2) is 37.2 Å². The molecule has 0 spiro atoms. The molecule has 0 rings (SSSR count). The fourth-order valence-electron chi connectivity index (χ4n) is 6.79. The van der Waals surface area contributed by atoms with Gasteiger partial charge in [-0.25, -0.2) is 0 Å². The molecule has 0 saturated heterocycles. The number of allylic oxidation sites excluding steroid dienone is 14. The summed E-state index contributed by atoms with van der Waals surface area (Å²) in [4.78, 5) is 37.9. The molecule has 1 atom stereocenters. The van der Waals surface area contributed by atoms with Gasteiger partial charge in [-0.3, -0.25) is 14.4 Å². The highest BCUT2D eigenvalue weighted by molar-refractivity contribution is 5.71. The van der Waals surface area contributed by atoms with E-state index in [9.17, 15) is 14.4 Å². The zero-order chi connectivity index (χ0) is 45.1. The lowest BCUT2D eigenvalue weighted by Gasteiger charge is -2.18. The molecule has 0 aromatic carbocycles. The second-order valence-electron chi connectivity index (χ2n) is 16.7. The van der Waals surface area contributed by atoms with E-state index in [0.717, 1.165) is 109 Å². The zero-order valence-electron chi connectivity index (χ0n) is 40.4. The third-order valence-electron chi connectivity index (χ3n) is 10.6. The van der Waals surface area contributed by atoms with Crippen molar-refractivity contribution >= 4 is 17.9 Å². The van der Waals surface area contributed by atoms with Crippen LogP contribution in [0.25, 0.3) is 0 Å². The number of carbonyl (C=O) groups is 3. The summed E-state index contributed by atoms with van der Waals surface area (Å²) in [7, 11) is 0. The van der Waals surface area contributed by atoms with Crippen molar-refractivity contribution in [1.29, 1.82) is 0 Å². The van der Waals surface area contributed by atoms with Crippen molar-refractivity contribution in [2.24, 2.45) is 0 Å². The van der Waals surface area contributed by atoms with Crippen LogP contribution in [0.15, 0.2) is 85.1 Å². The van der Waals surface area contributed by atoms with Crippen LogP contribution in [0, 0.1) is 0 Å². The maximum Gasteiger partial charge on any atom is 0.306 e. The van der Waals surface area contributed by atoms with E-state index in [1.165, 1.54) is 83.5 Å².